The monoisotopic (exact) mass is 372 g/mol. The molecule has 1 N–H and O–H groups in total. The SMILES string of the molecule is COc1ccc2c(c1)c(C(=O)OC(C)C(=O)NC(C)(C)C)c(C)n2C1CC1. The second kappa shape index (κ2) is 6.91. The maximum absolute atomic E-state index is 13.0. The summed E-state index contributed by atoms with van der Waals surface area (Å²) in [6, 6.07) is 6.16. The fraction of sp³-hybridized carbons (Fsp3) is 0.524. The number of methoxy groups -OCH3 is 1. The maximum Gasteiger partial charge on any atom is 0.341 e. The lowest BCUT2D eigenvalue weighted by Gasteiger charge is -2.23. The normalized spacial score (nSPS) is 15.5. The van der Waals surface area contributed by atoms with E-state index in [1.807, 2.05) is 45.9 Å². The molecule has 1 fully saturated rings. The molecule has 27 heavy (non-hydrogen) atoms. The molecule has 2 aromatic rings. The number of fused-ring (bicyclic) bond motifs is 1. The molecule has 1 aliphatic carbocycles. The maximum atomic E-state index is 13.0. The molecule has 1 amide bonds. The first-order valence-corrected chi connectivity index (χ1v) is 9.34. The minimum absolute atomic E-state index is 0.308. The number of nitrogens with one attached hydrogen (secondary N) is 1. The van der Waals surface area contributed by atoms with Crippen LogP contribution in [0, 0.1) is 6.92 Å². The van der Waals surface area contributed by atoms with Gasteiger partial charge in [0.05, 0.1) is 12.7 Å². The molecule has 1 atom stereocenters. The molecule has 6 heteroatoms. The van der Waals surface area contributed by atoms with E-state index in [2.05, 4.69) is 9.88 Å². The highest BCUT2D eigenvalue weighted by Gasteiger charge is 2.32. The molecule has 1 aromatic heterocycles. The first kappa shape index (κ1) is 19.3. The third kappa shape index (κ3) is 3.94. The molecule has 1 aromatic carbocycles. The van der Waals surface area contributed by atoms with Gasteiger partial charge in [0.15, 0.2) is 6.10 Å². The van der Waals surface area contributed by atoms with E-state index in [-0.39, 0.29) is 11.4 Å². The summed E-state index contributed by atoms with van der Waals surface area (Å²) in [6.07, 6.45) is 1.34. The van der Waals surface area contributed by atoms with Gasteiger partial charge in [0, 0.05) is 28.2 Å². The van der Waals surface area contributed by atoms with Crippen molar-refractivity contribution in [2.24, 2.45) is 0 Å². The highest BCUT2D eigenvalue weighted by molar-refractivity contribution is 6.07. The average molecular weight is 372 g/mol. The van der Waals surface area contributed by atoms with Gasteiger partial charge in [-0.2, -0.15) is 0 Å². The van der Waals surface area contributed by atoms with E-state index in [4.69, 9.17) is 9.47 Å². The number of esters is 1. The third-order valence-electron chi connectivity index (χ3n) is 4.72. The van der Waals surface area contributed by atoms with Gasteiger partial charge >= 0.3 is 5.97 Å². The summed E-state index contributed by atoms with van der Waals surface area (Å²) in [7, 11) is 1.60. The summed E-state index contributed by atoms with van der Waals surface area (Å²) >= 11 is 0. The smallest absolute Gasteiger partial charge is 0.341 e. The lowest BCUT2D eigenvalue weighted by Crippen LogP contribution is -2.46. The molecule has 1 aliphatic rings. The number of hydrogen-bond acceptors (Lipinski definition) is 4. The van der Waals surface area contributed by atoms with Crippen molar-refractivity contribution < 1.29 is 19.1 Å². The standard InChI is InChI=1S/C21H28N2O4/c1-12-18(20(25)27-13(2)19(24)22-21(3,4)5)16-11-15(26-6)9-10-17(16)23(12)14-7-8-14/h9-11,13-14H,7-8H2,1-6H3,(H,22,24). The third-order valence-corrected chi connectivity index (χ3v) is 4.72. The van der Waals surface area contributed by atoms with E-state index >= 15 is 0 Å². The van der Waals surface area contributed by atoms with Crippen molar-refractivity contribution in [1.29, 1.82) is 0 Å². The van der Waals surface area contributed by atoms with E-state index in [1.165, 1.54) is 0 Å². The van der Waals surface area contributed by atoms with E-state index in [1.54, 1.807) is 14.0 Å². The molecule has 0 bridgehead atoms. The van der Waals surface area contributed by atoms with Crippen molar-refractivity contribution in [1.82, 2.24) is 9.88 Å². The second-order valence-corrected chi connectivity index (χ2v) is 8.23. The molecule has 1 heterocycles. The number of amides is 1. The van der Waals surface area contributed by atoms with Crippen molar-refractivity contribution in [2.75, 3.05) is 7.11 Å². The number of carbonyl (C=O) groups excluding carboxylic acids is 2. The fourth-order valence-electron chi connectivity index (χ4n) is 3.35. The van der Waals surface area contributed by atoms with Crippen molar-refractivity contribution >= 4 is 22.8 Å². The lowest BCUT2D eigenvalue weighted by molar-refractivity contribution is -0.130. The Kier molecular flexibility index (Phi) is 4.93. The molecule has 3 rings (SSSR count). The summed E-state index contributed by atoms with van der Waals surface area (Å²) < 4.78 is 13.0. The summed E-state index contributed by atoms with van der Waals surface area (Å²) in [6.45, 7) is 9.19. The summed E-state index contributed by atoms with van der Waals surface area (Å²) in [5.41, 5.74) is 1.98. The number of ether oxygens (including phenoxy) is 2. The minimum atomic E-state index is -0.874. The van der Waals surface area contributed by atoms with Gasteiger partial charge in [-0.3, -0.25) is 4.79 Å². The van der Waals surface area contributed by atoms with Crippen LogP contribution in [-0.2, 0) is 9.53 Å². The Bertz CT molecular complexity index is 888. The van der Waals surface area contributed by atoms with Crippen LogP contribution < -0.4 is 10.1 Å². The van der Waals surface area contributed by atoms with Crippen molar-refractivity contribution in [3.05, 3.63) is 29.5 Å². The van der Waals surface area contributed by atoms with Crippen LogP contribution in [0.2, 0.25) is 0 Å². The van der Waals surface area contributed by atoms with Gasteiger partial charge in [-0.1, -0.05) is 0 Å². The minimum Gasteiger partial charge on any atom is -0.497 e. The summed E-state index contributed by atoms with van der Waals surface area (Å²) in [5, 5.41) is 3.64. The molecule has 1 saturated carbocycles. The van der Waals surface area contributed by atoms with Gasteiger partial charge in [-0.25, -0.2) is 4.79 Å². The molecule has 1 unspecified atom stereocenters. The van der Waals surface area contributed by atoms with Gasteiger partial charge in [0.2, 0.25) is 0 Å². The molecule has 0 radical (unpaired) electrons. The number of nitrogens with zero attached hydrogens (tertiary/aromatic N) is 1. The first-order valence-electron chi connectivity index (χ1n) is 9.34. The van der Waals surface area contributed by atoms with Gasteiger partial charge in [0.25, 0.3) is 5.91 Å². The molecule has 0 aliphatic heterocycles. The molecule has 146 valence electrons. The van der Waals surface area contributed by atoms with Crippen LogP contribution in [0.1, 0.15) is 62.6 Å². The highest BCUT2D eigenvalue weighted by atomic mass is 16.5. The van der Waals surface area contributed by atoms with Crippen LogP contribution in [0.3, 0.4) is 0 Å². The van der Waals surface area contributed by atoms with Gasteiger partial charge < -0.3 is 19.4 Å². The Balaban J connectivity index is 1.94. The quantitative estimate of drug-likeness (QED) is 0.812. The predicted octanol–water partition coefficient (Wildman–Crippen LogP) is 3.75. The number of carbonyl (C=O) groups is 2. The van der Waals surface area contributed by atoms with Crippen LogP contribution in [0.25, 0.3) is 10.9 Å². The number of hydrogen-bond donors (Lipinski definition) is 1. The largest absolute Gasteiger partial charge is 0.497 e. The topological polar surface area (TPSA) is 69.6 Å². The average Bonchev–Trinajstić information content (AvgIpc) is 3.35. The van der Waals surface area contributed by atoms with Crippen LogP contribution in [0.15, 0.2) is 18.2 Å². The molecular formula is C21H28N2O4. The Hall–Kier alpha value is -2.50. The fourth-order valence-corrected chi connectivity index (χ4v) is 3.35. The number of aromatic nitrogens is 1. The zero-order valence-corrected chi connectivity index (χ0v) is 16.9. The molecule has 0 saturated heterocycles. The summed E-state index contributed by atoms with van der Waals surface area (Å²) in [5.74, 6) is -0.109. The van der Waals surface area contributed by atoms with E-state index in [0.717, 1.165) is 29.4 Å². The molecular weight excluding hydrogens is 344 g/mol. The Morgan fingerprint density at radius 1 is 1.26 bits per heavy atom. The Morgan fingerprint density at radius 3 is 2.48 bits per heavy atom. The predicted molar refractivity (Wildman–Crippen MR) is 104 cm³/mol. The zero-order chi connectivity index (χ0) is 19.9. The van der Waals surface area contributed by atoms with E-state index in [9.17, 15) is 9.59 Å². The molecule has 6 nitrogen and oxygen atoms in total. The highest BCUT2D eigenvalue weighted by Crippen LogP contribution is 2.42. The number of benzene rings is 1. The zero-order valence-electron chi connectivity index (χ0n) is 16.9. The van der Waals surface area contributed by atoms with Crippen LogP contribution in [0.4, 0.5) is 0 Å². The second-order valence-electron chi connectivity index (χ2n) is 8.23. The van der Waals surface area contributed by atoms with Crippen molar-refractivity contribution in [3.63, 3.8) is 0 Å². The van der Waals surface area contributed by atoms with Crippen molar-refractivity contribution in [3.8, 4) is 5.75 Å². The first-order chi connectivity index (χ1) is 12.6. The van der Waals surface area contributed by atoms with Crippen LogP contribution >= 0.6 is 0 Å². The van der Waals surface area contributed by atoms with Crippen LogP contribution in [0.5, 0.6) is 5.75 Å². The Labute approximate surface area is 159 Å². The number of rotatable bonds is 5. The van der Waals surface area contributed by atoms with E-state index in [0.29, 0.717) is 17.4 Å². The van der Waals surface area contributed by atoms with Gasteiger partial charge in [-0.15, -0.1) is 0 Å². The van der Waals surface area contributed by atoms with Gasteiger partial charge in [0.1, 0.15) is 5.75 Å². The molecule has 0 spiro atoms. The van der Waals surface area contributed by atoms with E-state index < -0.39 is 12.1 Å². The van der Waals surface area contributed by atoms with Gasteiger partial charge in [-0.05, 0) is 65.7 Å². The Morgan fingerprint density at radius 2 is 1.93 bits per heavy atom. The van der Waals surface area contributed by atoms with Crippen molar-refractivity contribution in [2.45, 2.75) is 65.1 Å². The lowest BCUT2D eigenvalue weighted by atomic mass is 10.1. The summed E-state index contributed by atoms with van der Waals surface area (Å²) in [4.78, 5) is 25.2. The van der Waals surface area contributed by atoms with Crippen LogP contribution in [-0.4, -0.2) is 35.2 Å².